The third kappa shape index (κ3) is 5.97. The minimum absolute atomic E-state index is 0.164. The van der Waals surface area contributed by atoms with E-state index in [1.165, 1.54) is 6.42 Å². The van der Waals surface area contributed by atoms with Crippen LogP contribution in [0.5, 0.6) is 5.75 Å². The van der Waals surface area contributed by atoms with Crippen LogP contribution in [-0.4, -0.2) is 15.0 Å². The number of ether oxygens (including phenoxy) is 1. The van der Waals surface area contributed by atoms with Gasteiger partial charge in [0.2, 0.25) is 10.0 Å². The van der Waals surface area contributed by atoms with Gasteiger partial charge >= 0.3 is 0 Å². The molecule has 0 spiro atoms. The van der Waals surface area contributed by atoms with Crippen LogP contribution >= 0.6 is 0 Å². The molecule has 0 fully saturated rings. The molecule has 1 aromatic rings. The fraction of sp³-hybridized carbons (Fsp3) is 0.571. The molecule has 4 nitrogen and oxygen atoms in total. The standard InChI is InChI=1S/C14H21F2NO3S/c1-2-3-4-5-6-7-8-20-14-12(16)9-11(15)10-13(14)21(17,18)19/h9-10H,2-8H2,1H3,(H2,17,18,19). The van der Waals surface area contributed by atoms with Crippen molar-refractivity contribution in [1.29, 1.82) is 0 Å². The van der Waals surface area contributed by atoms with E-state index in [0.29, 0.717) is 18.6 Å². The molecule has 0 unspecified atom stereocenters. The first-order chi connectivity index (χ1) is 9.86. The molecular formula is C14H21F2NO3S. The maximum absolute atomic E-state index is 13.6. The zero-order valence-electron chi connectivity index (χ0n) is 12.1. The molecular weight excluding hydrogens is 300 g/mol. The summed E-state index contributed by atoms with van der Waals surface area (Å²) in [5.74, 6) is -2.58. The van der Waals surface area contributed by atoms with Gasteiger partial charge in [0.25, 0.3) is 0 Å². The lowest BCUT2D eigenvalue weighted by Gasteiger charge is -2.11. The summed E-state index contributed by atoms with van der Waals surface area (Å²) >= 11 is 0. The second-order valence-electron chi connectivity index (χ2n) is 4.88. The van der Waals surface area contributed by atoms with Crippen molar-refractivity contribution in [3.8, 4) is 5.75 Å². The Morgan fingerprint density at radius 2 is 1.71 bits per heavy atom. The fourth-order valence-electron chi connectivity index (χ4n) is 1.94. The molecule has 7 heteroatoms. The maximum Gasteiger partial charge on any atom is 0.241 e. The average molecular weight is 321 g/mol. The van der Waals surface area contributed by atoms with Crippen LogP contribution in [0.2, 0.25) is 0 Å². The second kappa shape index (κ2) is 8.29. The SMILES string of the molecule is CCCCCCCCOc1c(F)cc(F)cc1S(N)(=O)=O. The molecule has 2 N–H and O–H groups in total. The van der Waals surface area contributed by atoms with Crippen molar-refractivity contribution in [1.82, 2.24) is 0 Å². The van der Waals surface area contributed by atoms with E-state index in [1.807, 2.05) is 0 Å². The van der Waals surface area contributed by atoms with E-state index in [2.05, 4.69) is 6.92 Å². The van der Waals surface area contributed by atoms with Gasteiger partial charge < -0.3 is 4.74 Å². The van der Waals surface area contributed by atoms with E-state index in [1.54, 1.807) is 0 Å². The molecule has 0 aliphatic carbocycles. The molecule has 0 atom stereocenters. The summed E-state index contributed by atoms with van der Waals surface area (Å²) in [6.07, 6.45) is 6.07. The topological polar surface area (TPSA) is 69.4 Å². The third-order valence-electron chi connectivity index (χ3n) is 3.03. The van der Waals surface area contributed by atoms with Gasteiger partial charge in [-0.2, -0.15) is 0 Å². The molecule has 0 aromatic heterocycles. The predicted octanol–water partition coefficient (Wildman–Crippen LogP) is 3.35. The van der Waals surface area contributed by atoms with Crippen LogP contribution in [0.3, 0.4) is 0 Å². The highest BCUT2D eigenvalue weighted by Crippen LogP contribution is 2.27. The fourth-order valence-corrected chi connectivity index (χ4v) is 2.64. The summed E-state index contributed by atoms with van der Waals surface area (Å²) in [5, 5.41) is 4.94. The highest BCUT2D eigenvalue weighted by molar-refractivity contribution is 7.89. The Morgan fingerprint density at radius 1 is 1.10 bits per heavy atom. The normalized spacial score (nSPS) is 11.6. The number of hydrogen-bond acceptors (Lipinski definition) is 3. The lowest BCUT2D eigenvalue weighted by molar-refractivity contribution is 0.280. The van der Waals surface area contributed by atoms with Crippen LogP contribution in [0.25, 0.3) is 0 Å². The Kier molecular flexibility index (Phi) is 7.04. The van der Waals surface area contributed by atoms with Crippen molar-refractivity contribution in [3.63, 3.8) is 0 Å². The number of rotatable bonds is 9. The van der Waals surface area contributed by atoms with E-state index in [9.17, 15) is 17.2 Å². The van der Waals surface area contributed by atoms with Crippen molar-refractivity contribution >= 4 is 10.0 Å². The van der Waals surface area contributed by atoms with Crippen molar-refractivity contribution in [2.24, 2.45) is 5.14 Å². The Labute approximate surface area is 124 Å². The summed E-state index contributed by atoms with van der Waals surface area (Å²) in [5.41, 5.74) is 0. The summed E-state index contributed by atoms with van der Waals surface area (Å²) < 4.78 is 54.5. The monoisotopic (exact) mass is 321 g/mol. The summed E-state index contributed by atoms with van der Waals surface area (Å²) in [6.45, 7) is 2.28. The smallest absolute Gasteiger partial charge is 0.241 e. The van der Waals surface area contributed by atoms with Gasteiger partial charge in [0.05, 0.1) is 6.61 Å². The van der Waals surface area contributed by atoms with Crippen LogP contribution in [0, 0.1) is 11.6 Å². The Balaban J connectivity index is 2.63. The number of sulfonamides is 1. The minimum atomic E-state index is -4.24. The van der Waals surface area contributed by atoms with Crippen LogP contribution in [-0.2, 0) is 10.0 Å². The van der Waals surface area contributed by atoms with E-state index < -0.39 is 32.3 Å². The van der Waals surface area contributed by atoms with Crippen LogP contribution in [0.15, 0.2) is 17.0 Å². The lowest BCUT2D eigenvalue weighted by atomic mass is 10.1. The van der Waals surface area contributed by atoms with Crippen LogP contribution < -0.4 is 9.88 Å². The van der Waals surface area contributed by atoms with Crippen molar-refractivity contribution < 1.29 is 21.9 Å². The average Bonchev–Trinajstić information content (AvgIpc) is 2.38. The van der Waals surface area contributed by atoms with Crippen LogP contribution in [0.4, 0.5) is 8.78 Å². The van der Waals surface area contributed by atoms with Gasteiger partial charge in [-0.05, 0) is 12.5 Å². The Morgan fingerprint density at radius 3 is 2.33 bits per heavy atom. The zero-order valence-corrected chi connectivity index (χ0v) is 12.9. The molecule has 0 aliphatic rings. The maximum atomic E-state index is 13.6. The minimum Gasteiger partial charge on any atom is -0.489 e. The second-order valence-corrected chi connectivity index (χ2v) is 6.41. The van der Waals surface area contributed by atoms with E-state index in [-0.39, 0.29) is 6.61 Å². The summed E-state index contributed by atoms with van der Waals surface area (Å²) in [6, 6.07) is 1.24. The predicted molar refractivity (Wildman–Crippen MR) is 76.6 cm³/mol. The van der Waals surface area contributed by atoms with Gasteiger partial charge in [-0.25, -0.2) is 22.3 Å². The first-order valence-corrected chi connectivity index (χ1v) is 8.55. The van der Waals surface area contributed by atoms with Crippen molar-refractivity contribution in [2.45, 2.75) is 50.3 Å². The number of halogens is 2. The summed E-state index contributed by atoms with van der Waals surface area (Å²) in [4.78, 5) is -0.661. The van der Waals surface area contributed by atoms with Gasteiger partial charge in [0, 0.05) is 6.07 Å². The lowest BCUT2D eigenvalue weighted by Crippen LogP contribution is -2.15. The quantitative estimate of drug-likeness (QED) is 0.709. The number of hydrogen-bond donors (Lipinski definition) is 1. The highest BCUT2D eigenvalue weighted by atomic mass is 32.2. The molecule has 1 aromatic carbocycles. The van der Waals surface area contributed by atoms with Gasteiger partial charge in [-0.15, -0.1) is 0 Å². The number of benzene rings is 1. The molecule has 0 aliphatic heterocycles. The molecule has 0 bridgehead atoms. The zero-order chi connectivity index (χ0) is 15.9. The van der Waals surface area contributed by atoms with Gasteiger partial charge in [-0.3, -0.25) is 0 Å². The van der Waals surface area contributed by atoms with E-state index in [4.69, 9.17) is 9.88 Å². The Bertz CT molecular complexity index is 562. The molecule has 0 saturated carbocycles. The highest BCUT2D eigenvalue weighted by Gasteiger charge is 2.21. The largest absolute Gasteiger partial charge is 0.489 e. The van der Waals surface area contributed by atoms with Gasteiger partial charge in [0.1, 0.15) is 10.7 Å². The van der Waals surface area contributed by atoms with Crippen molar-refractivity contribution in [2.75, 3.05) is 6.61 Å². The van der Waals surface area contributed by atoms with E-state index >= 15 is 0 Å². The summed E-state index contributed by atoms with van der Waals surface area (Å²) in [7, 11) is -4.24. The third-order valence-corrected chi connectivity index (χ3v) is 3.94. The number of nitrogens with two attached hydrogens (primary N) is 1. The molecule has 1 rings (SSSR count). The van der Waals surface area contributed by atoms with Gasteiger partial charge in [-0.1, -0.05) is 39.0 Å². The molecule has 0 saturated heterocycles. The number of primary sulfonamides is 1. The molecule has 0 radical (unpaired) electrons. The van der Waals surface area contributed by atoms with E-state index in [0.717, 1.165) is 25.7 Å². The van der Waals surface area contributed by atoms with Gasteiger partial charge in [0.15, 0.2) is 11.6 Å². The molecule has 21 heavy (non-hydrogen) atoms. The van der Waals surface area contributed by atoms with Crippen LogP contribution in [0.1, 0.15) is 45.4 Å². The molecule has 0 heterocycles. The molecule has 120 valence electrons. The van der Waals surface area contributed by atoms with Crippen molar-refractivity contribution in [3.05, 3.63) is 23.8 Å². The first kappa shape index (κ1) is 17.8. The Hall–Kier alpha value is -1.21. The molecule has 0 amide bonds. The first-order valence-electron chi connectivity index (χ1n) is 7.01. The number of unbranched alkanes of at least 4 members (excludes halogenated alkanes) is 5.